The van der Waals surface area contributed by atoms with Gasteiger partial charge in [-0.05, 0) is 47.4 Å². The highest BCUT2D eigenvalue weighted by Crippen LogP contribution is 2.55. The zero-order valence-corrected chi connectivity index (χ0v) is 18.7. The summed E-state index contributed by atoms with van der Waals surface area (Å²) in [5.41, 5.74) is 4.74. The number of hydrogen-bond acceptors (Lipinski definition) is 3. The van der Waals surface area contributed by atoms with Crippen molar-refractivity contribution < 1.29 is 14.4 Å². The fourth-order valence-corrected chi connectivity index (χ4v) is 6.72. The van der Waals surface area contributed by atoms with Crippen LogP contribution >= 0.6 is 0 Å². The minimum absolute atomic E-state index is 0.208. The Morgan fingerprint density at radius 1 is 0.939 bits per heavy atom. The lowest BCUT2D eigenvalue weighted by atomic mass is 9.59. The number of carbonyl (C=O) groups is 3. The number of amides is 4. The molecule has 170 valence electrons. The number of carbonyl (C=O) groups excluding carboxylic acids is 3. The van der Waals surface area contributed by atoms with E-state index in [4.69, 9.17) is 0 Å². The normalized spacial score (nSPS) is 26.7. The van der Waals surface area contributed by atoms with Crippen LogP contribution in [0.15, 0.2) is 48.5 Å². The zero-order chi connectivity index (χ0) is 22.6. The summed E-state index contributed by atoms with van der Waals surface area (Å²) >= 11 is 0. The van der Waals surface area contributed by atoms with Gasteiger partial charge in [-0.25, -0.2) is 4.79 Å². The molecule has 4 aliphatic carbocycles. The predicted octanol–water partition coefficient (Wildman–Crippen LogP) is 3.65. The van der Waals surface area contributed by atoms with Gasteiger partial charge in [0.25, 0.3) is 5.91 Å². The second kappa shape index (κ2) is 7.72. The van der Waals surface area contributed by atoms with E-state index in [2.05, 4.69) is 59.2 Å². The van der Waals surface area contributed by atoms with Gasteiger partial charge in [-0.3, -0.25) is 14.5 Å². The number of fused-ring (bicyclic) bond motifs is 1. The Morgan fingerprint density at radius 3 is 2.18 bits per heavy atom. The number of hydrogen-bond donors (Lipinski definition) is 2. The molecule has 2 bridgehead atoms. The lowest BCUT2D eigenvalue weighted by molar-refractivity contribution is -0.135. The molecule has 5 aliphatic rings. The summed E-state index contributed by atoms with van der Waals surface area (Å²) in [7, 11) is 0. The van der Waals surface area contributed by atoms with E-state index in [1.807, 2.05) is 0 Å². The highest BCUT2D eigenvalue weighted by molar-refractivity contribution is 6.09. The third kappa shape index (κ3) is 3.18. The minimum Gasteiger partial charge on any atom is -0.354 e. The van der Waals surface area contributed by atoms with Gasteiger partial charge >= 0.3 is 6.03 Å². The topological polar surface area (TPSA) is 78.5 Å². The Labute approximate surface area is 193 Å². The number of nitrogens with zero attached hydrogens (tertiary/aromatic N) is 1. The standard InChI is InChI=1S/C27H29N3O3/c31-23(16-30-25(32)27(29-26(30)33)12-6-1-7-13-27)28-15-17-14-22-18-8-2-4-10-20(18)24(17)21-11-5-3-9-19(21)22/h2-5,8-11,17,22,24H,1,6-7,12-16H2,(H,28,31)(H,29,33). The van der Waals surface area contributed by atoms with Crippen LogP contribution in [0.25, 0.3) is 0 Å². The van der Waals surface area contributed by atoms with Crippen LogP contribution in [0.1, 0.15) is 72.6 Å². The number of urea groups is 1. The Hall–Kier alpha value is -3.15. The van der Waals surface area contributed by atoms with Crippen LogP contribution in [0.2, 0.25) is 0 Å². The SMILES string of the molecule is O=C(CN1C(=O)NC2(CCCCC2)C1=O)NCC1CC2c3ccccc3C1c1ccccc12. The molecule has 1 unspecified atom stereocenters. The molecule has 0 aromatic heterocycles. The van der Waals surface area contributed by atoms with Gasteiger partial charge < -0.3 is 10.6 Å². The average Bonchev–Trinajstić information content (AvgIpc) is 3.07. The lowest BCUT2D eigenvalue weighted by Crippen LogP contribution is -2.49. The van der Waals surface area contributed by atoms with E-state index in [0.29, 0.717) is 25.3 Å². The van der Waals surface area contributed by atoms with Crippen molar-refractivity contribution in [1.82, 2.24) is 15.5 Å². The Bertz CT molecular complexity index is 1090. The highest BCUT2D eigenvalue weighted by Gasteiger charge is 2.51. The van der Waals surface area contributed by atoms with Crippen LogP contribution in [0.4, 0.5) is 4.79 Å². The van der Waals surface area contributed by atoms with Crippen LogP contribution in [0.5, 0.6) is 0 Å². The maximum absolute atomic E-state index is 13.0. The first-order valence-electron chi connectivity index (χ1n) is 12.2. The fourth-order valence-electron chi connectivity index (χ4n) is 6.72. The van der Waals surface area contributed by atoms with Gasteiger partial charge in [0.05, 0.1) is 0 Å². The minimum atomic E-state index is -0.786. The molecule has 1 saturated heterocycles. The third-order valence-electron chi connectivity index (χ3n) is 8.24. The molecule has 1 atom stereocenters. The summed E-state index contributed by atoms with van der Waals surface area (Å²) in [5, 5.41) is 5.93. The van der Waals surface area contributed by atoms with Gasteiger partial charge in [0, 0.05) is 18.4 Å². The third-order valence-corrected chi connectivity index (χ3v) is 8.24. The summed E-state index contributed by atoms with van der Waals surface area (Å²) < 4.78 is 0. The quantitative estimate of drug-likeness (QED) is 0.708. The Balaban J connectivity index is 1.15. The van der Waals surface area contributed by atoms with Crippen molar-refractivity contribution in [3.63, 3.8) is 0 Å². The van der Waals surface area contributed by atoms with Crippen molar-refractivity contribution in [2.45, 2.75) is 55.9 Å². The first-order valence-corrected chi connectivity index (χ1v) is 12.2. The monoisotopic (exact) mass is 443 g/mol. The molecule has 1 saturated carbocycles. The van der Waals surface area contributed by atoms with Crippen LogP contribution in [-0.4, -0.2) is 41.4 Å². The summed E-state index contributed by atoms with van der Waals surface area (Å²) in [6.45, 7) is 0.331. The lowest BCUT2D eigenvalue weighted by Gasteiger charge is -2.45. The molecule has 4 amide bonds. The van der Waals surface area contributed by atoms with Crippen molar-refractivity contribution in [2.24, 2.45) is 5.92 Å². The van der Waals surface area contributed by atoms with Gasteiger partial charge in [-0.2, -0.15) is 0 Å². The maximum Gasteiger partial charge on any atom is 0.325 e. The van der Waals surface area contributed by atoms with E-state index in [0.717, 1.165) is 30.6 Å². The highest BCUT2D eigenvalue weighted by atomic mass is 16.2. The Morgan fingerprint density at radius 2 is 1.55 bits per heavy atom. The molecule has 2 aromatic rings. The molecule has 33 heavy (non-hydrogen) atoms. The number of imide groups is 1. The van der Waals surface area contributed by atoms with Crippen LogP contribution < -0.4 is 10.6 Å². The molecule has 0 radical (unpaired) electrons. The van der Waals surface area contributed by atoms with Crippen molar-refractivity contribution in [3.05, 3.63) is 70.8 Å². The Kier molecular flexibility index (Phi) is 4.78. The van der Waals surface area contributed by atoms with E-state index >= 15 is 0 Å². The predicted molar refractivity (Wildman–Crippen MR) is 124 cm³/mol. The number of benzene rings is 2. The van der Waals surface area contributed by atoms with E-state index in [1.54, 1.807) is 0 Å². The molecule has 7 rings (SSSR count). The van der Waals surface area contributed by atoms with Gasteiger partial charge in [0.15, 0.2) is 0 Å². The molecule has 1 heterocycles. The van der Waals surface area contributed by atoms with E-state index < -0.39 is 11.6 Å². The summed E-state index contributed by atoms with van der Waals surface area (Å²) in [5.74, 6) is 0.388. The molecule has 1 spiro atoms. The summed E-state index contributed by atoms with van der Waals surface area (Å²) in [6.07, 6.45) is 5.27. The van der Waals surface area contributed by atoms with Crippen molar-refractivity contribution >= 4 is 17.8 Å². The van der Waals surface area contributed by atoms with Gasteiger partial charge in [0.2, 0.25) is 5.91 Å². The molecular formula is C27H29N3O3. The molecular weight excluding hydrogens is 414 g/mol. The smallest absolute Gasteiger partial charge is 0.325 e. The average molecular weight is 444 g/mol. The van der Waals surface area contributed by atoms with E-state index in [1.165, 1.54) is 22.3 Å². The van der Waals surface area contributed by atoms with Gasteiger partial charge in [0.1, 0.15) is 12.1 Å². The zero-order valence-electron chi connectivity index (χ0n) is 18.7. The van der Waals surface area contributed by atoms with Gasteiger partial charge in [-0.15, -0.1) is 0 Å². The van der Waals surface area contributed by atoms with Crippen molar-refractivity contribution in [1.29, 1.82) is 0 Å². The number of rotatable bonds is 4. The van der Waals surface area contributed by atoms with Crippen molar-refractivity contribution in [2.75, 3.05) is 13.1 Å². The molecule has 6 nitrogen and oxygen atoms in total. The largest absolute Gasteiger partial charge is 0.354 e. The summed E-state index contributed by atoms with van der Waals surface area (Å²) in [4.78, 5) is 39.4. The molecule has 2 fully saturated rings. The maximum atomic E-state index is 13.0. The first-order chi connectivity index (χ1) is 16.1. The molecule has 6 heteroatoms. The fraction of sp³-hybridized carbons (Fsp3) is 0.444. The van der Waals surface area contributed by atoms with E-state index in [9.17, 15) is 14.4 Å². The van der Waals surface area contributed by atoms with Crippen molar-refractivity contribution in [3.8, 4) is 0 Å². The van der Waals surface area contributed by atoms with Crippen LogP contribution in [0, 0.1) is 5.92 Å². The molecule has 2 aromatic carbocycles. The van der Waals surface area contributed by atoms with E-state index in [-0.39, 0.29) is 30.2 Å². The first kappa shape index (κ1) is 20.5. The second-order valence-corrected chi connectivity index (χ2v) is 10.1. The van der Waals surface area contributed by atoms with Gasteiger partial charge in [-0.1, -0.05) is 67.8 Å². The van der Waals surface area contributed by atoms with Crippen LogP contribution in [0.3, 0.4) is 0 Å². The summed E-state index contributed by atoms with van der Waals surface area (Å²) in [6, 6.07) is 16.9. The number of nitrogens with one attached hydrogen (secondary N) is 2. The molecule has 1 aliphatic heterocycles. The second-order valence-electron chi connectivity index (χ2n) is 10.1. The van der Waals surface area contributed by atoms with Crippen LogP contribution in [-0.2, 0) is 9.59 Å². The molecule has 2 N–H and O–H groups in total.